The molecule has 0 aliphatic carbocycles. The van der Waals surface area contributed by atoms with Crippen molar-refractivity contribution in [3.63, 3.8) is 0 Å². The Kier molecular flexibility index (Phi) is 19.0. The first kappa shape index (κ1) is 55.8. The van der Waals surface area contributed by atoms with Gasteiger partial charge in [-0.05, 0) is 107 Å². The summed E-state index contributed by atoms with van der Waals surface area (Å²) in [6, 6.07) is 31.1. The average Bonchev–Trinajstić information content (AvgIpc) is 4.19. The van der Waals surface area contributed by atoms with Crippen LogP contribution in [0.15, 0.2) is 166 Å². The Morgan fingerprint density at radius 1 is 0.548 bits per heavy atom. The molecule has 0 aliphatic heterocycles. The molecule has 3 aromatic heterocycles. The predicted molar refractivity (Wildman–Crippen MR) is 297 cm³/mol. The zero-order valence-corrected chi connectivity index (χ0v) is 44.7. The highest BCUT2D eigenvalue weighted by Gasteiger charge is 2.20. The fraction of sp³-hybridized carbons (Fsp3) is 0.279. The normalized spacial score (nSPS) is 12.4. The van der Waals surface area contributed by atoms with Gasteiger partial charge in [-0.3, -0.25) is 10.8 Å². The summed E-state index contributed by atoms with van der Waals surface area (Å²) in [6.45, 7) is 35.1. The van der Waals surface area contributed by atoms with Crippen LogP contribution in [-0.4, -0.2) is 42.4 Å². The lowest BCUT2D eigenvalue weighted by Gasteiger charge is -2.19. The van der Waals surface area contributed by atoms with E-state index >= 15 is 0 Å². The van der Waals surface area contributed by atoms with E-state index < -0.39 is 0 Å². The first-order valence-corrected chi connectivity index (χ1v) is 24.5. The van der Waals surface area contributed by atoms with Crippen LogP contribution in [0.25, 0.3) is 51.1 Å². The molecule has 0 fully saturated rings. The Morgan fingerprint density at radius 2 is 0.973 bits per heavy atom. The number of aromatic nitrogens is 6. The van der Waals surface area contributed by atoms with Crippen molar-refractivity contribution in [1.29, 1.82) is 10.8 Å². The minimum atomic E-state index is -0.135. The van der Waals surface area contributed by atoms with Crippen LogP contribution in [0.3, 0.4) is 0 Å². The molecule has 0 aliphatic rings. The van der Waals surface area contributed by atoms with E-state index in [4.69, 9.17) is 28.8 Å². The molecule has 4 aromatic carbocycles. The Balaban J connectivity index is 0.000000263. The van der Waals surface area contributed by atoms with Crippen LogP contribution in [0.2, 0.25) is 0 Å². The summed E-state index contributed by atoms with van der Waals surface area (Å²) in [6.07, 6.45) is 13.7. The summed E-state index contributed by atoms with van der Waals surface area (Å²) >= 11 is 0. The van der Waals surface area contributed by atoms with E-state index in [0.717, 1.165) is 28.7 Å². The second kappa shape index (κ2) is 24.8. The molecule has 0 saturated heterocycles. The molecule has 7 aromatic rings. The molecule has 0 bridgehead atoms. The average molecular weight is 979 g/mol. The van der Waals surface area contributed by atoms with E-state index in [1.165, 1.54) is 16.7 Å². The maximum Gasteiger partial charge on any atom is 0.248 e. The number of hydrogen-bond acceptors (Lipinski definition) is 12. The second-order valence-electron chi connectivity index (χ2n) is 19.8. The van der Waals surface area contributed by atoms with E-state index in [9.17, 15) is 0 Å². The molecule has 12 nitrogen and oxygen atoms in total. The molecule has 7 rings (SSSR count). The third kappa shape index (κ3) is 15.0. The Hall–Kier alpha value is -8.12. The number of ether oxygens (including phenoxy) is 1. The van der Waals surface area contributed by atoms with Gasteiger partial charge in [-0.15, -0.1) is 30.6 Å². The molecule has 2 N–H and O–H groups in total. The van der Waals surface area contributed by atoms with E-state index in [1.54, 1.807) is 30.4 Å². The fourth-order valence-corrected chi connectivity index (χ4v) is 6.94. The van der Waals surface area contributed by atoms with Crippen molar-refractivity contribution in [2.45, 2.75) is 113 Å². The van der Waals surface area contributed by atoms with E-state index in [0.29, 0.717) is 57.6 Å². The smallest absolute Gasteiger partial charge is 0.248 e. The first-order chi connectivity index (χ1) is 34.7. The van der Waals surface area contributed by atoms with Crippen LogP contribution < -0.4 is 0 Å². The number of nitrogens with zero attached hydrogens (tertiary/aromatic N) is 6. The van der Waals surface area contributed by atoms with Gasteiger partial charge in [0.2, 0.25) is 47.1 Å². The van der Waals surface area contributed by atoms with Crippen molar-refractivity contribution in [2.75, 3.05) is 0 Å². The maximum atomic E-state index is 8.36. The van der Waals surface area contributed by atoms with Crippen LogP contribution in [-0.2, 0) is 21.0 Å². The van der Waals surface area contributed by atoms with Crippen molar-refractivity contribution >= 4 is 28.5 Å². The molecular formula is C61H70N8O4. The minimum absolute atomic E-state index is 0.0257. The summed E-state index contributed by atoms with van der Waals surface area (Å²) in [5.41, 5.74) is 9.49. The number of benzene rings is 4. The number of allylic oxidation sites excluding steroid dienone is 10. The molecule has 0 saturated carbocycles. The molecule has 73 heavy (non-hydrogen) atoms. The topological polar surface area (TPSA) is 174 Å². The van der Waals surface area contributed by atoms with Crippen LogP contribution in [0.1, 0.15) is 142 Å². The van der Waals surface area contributed by atoms with Gasteiger partial charge in [0.15, 0.2) is 0 Å². The first-order valence-electron chi connectivity index (χ1n) is 24.5. The van der Waals surface area contributed by atoms with Crippen LogP contribution in [0.5, 0.6) is 0 Å². The van der Waals surface area contributed by atoms with Gasteiger partial charge in [-0.2, -0.15) is 0 Å². The lowest BCUT2D eigenvalue weighted by molar-refractivity contribution is 0.537. The molecule has 0 amide bonds. The van der Waals surface area contributed by atoms with Crippen molar-refractivity contribution in [2.24, 2.45) is 0 Å². The van der Waals surface area contributed by atoms with Crippen molar-refractivity contribution in [3.05, 3.63) is 198 Å². The van der Waals surface area contributed by atoms with Gasteiger partial charge in [-0.25, -0.2) is 0 Å². The number of nitrogens with one attached hydrogen (secondary N) is 2. The second-order valence-corrected chi connectivity index (χ2v) is 19.8. The van der Waals surface area contributed by atoms with Gasteiger partial charge in [0.1, 0.15) is 0 Å². The van der Waals surface area contributed by atoms with Crippen LogP contribution >= 0.6 is 0 Å². The van der Waals surface area contributed by atoms with Gasteiger partial charge in [0, 0.05) is 44.5 Å². The van der Waals surface area contributed by atoms with Crippen molar-refractivity contribution in [3.8, 4) is 34.4 Å². The zero-order valence-electron chi connectivity index (χ0n) is 44.7. The predicted octanol–water partition coefficient (Wildman–Crippen LogP) is 16.0. The largest absolute Gasteiger partial charge is 0.421 e. The zero-order chi connectivity index (χ0) is 53.5. The molecule has 12 heteroatoms. The van der Waals surface area contributed by atoms with Gasteiger partial charge >= 0.3 is 0 Å². The minimum Gasteiger partial charge on any atom is -0.421 e. The van der Waals surface area contributed by atoms with E-state index in [1.807, 2.05) is 113 Å². The third-order valence-electron chi connectivity index (χ3n) is 11.3. The van der Waals surface area contributed by atoms with Crippen molar-refractivity contribution < 1.29 is 18.0 Å². The van der Waals surface area contributed by atoms with Gasteiger partial charge in [-0.1, -0.05) is 175 Å². The molecule has 0 spiro atoms. The highest BCUT2D eigenvalue weighted by molar-refractivity contribution is 6.05. The lowest BCUT2D eigenvalue weighted by Crippen LogP contribution is -2.14. The fourth-order valence-electron chi connectivity index (χ4n) is 6.94. The summed E-state index contributed by atoms with van der Waals surface area (Å²) < 4.78 is 23.4. The molecule has 3 heterocycles. The monoisotopic (exact) mass is 979 g/mol. The Morgan fingerprint density at radius 3 is 1.40 bits per heavy atom. The summed E-state index contributed by atoms with van der Waals surface area (Å²) in [5.74, 6) is 2.17. The molecule has 0 radical (unpaired) electrons. The number of hydrogen-bond donors (Lipinski definition) is 2. The highest BCUT2D eigenvalue weighted by atomic mass is 16.5. The SMILES string of the molecule is C=C/C(=C\C(=C/C)c1nnc(-c2ccc(C(C)(C)C)cc2)o1)c1nnc(-c2ccc(C(C)(C)C)cc2)o1.C=C/C=C(\C=C/CC)c1nnc(-c2cccc(C(=N)OC(=N)c3ccc(C(C)(C)C)cc3)c2)o1.CC. The number of rotatable bonds is 13. The standard InChI is InChI=1S/C31H34N4O2.C28H30N4O2.C2H6/c1-9-20(26-32-34-28(36-26)22-11-15-24(16-12-22)30(3,4)5)19-21(10-2)27-33-35-29(37-27)23-13-17-25(18-14-23)31(6,7)8;1-6-8-11-20(10-7-2)26-31-32-27(34-26)22-13-9-12-21(18-22)25(30)33-24(29)19-14-16-23(17-15-19)28(3,4)5;1-2/h9-19H,1H2,2-8H3;7-18,29-30H,2,6H2,1,3-5H3;1-2H3/b20-19+,21-10+;11-8-,20-10+,29-24?,30-25?;. The van der Waals surface area contributed by atoms with Gasteiger partial charge in [0.25, 0.3) is 0 Å². The summed E-state index contributed by atoms with van der Waals surface area (Å²) in [4.78, 5) is 0. The summed E-state index contributed by atoms with van der Waals surface area (Å²) in [5, 5.41) is 41.9. The quantitative estimate of drug-likeness (QED) is 0.0643. The molecular weight excluding hydrogens is 909 g/mol. The summed E-state index contributed by atoms with van der Waals surface area (Å²) in [7, 11) is 0. The third-order valence-corrected chi connectivity index (χ3v) is 11.3. The molecule has 378 valence electrons. The molecule has 0 atom stereocenters. The highest BCUT2D eigenvalue weighted by Crippen LogP contribution is 2.31. The van der Waals surface area contributed by atoms with E-state index in [2.05, 4.69) is 130 Å². The molecule has 0 unspecified atom stereocenters. The lowest BCUT2D eigenvalue weighted by atomic mass is 9.87. The Bertz CT molecular complexity index is 3100. The maximum absolute atomic E-state index is 8.36. The van der Waals surface area contributed by atoms with E-state index in [-0.39, 0.29) is 28.0 Å². The van der Waals surface area contributed by atoms with Crippen LogP contribution in [0, 0.1) is 10.8 Å². The Labute approximate surface area is 431 Å². The van der Waals surface area contributed by atoms with Gasteiger partial charge in [0.05, 0.1) is 0 Å². The van der Waals surface area contributed by atoms with Crippen LogP contribution in [0.4, 0.5) is 0 Å². The van der Waals surface area contributed by atoms with Gasteiger partial charge < -0.3 is 18.0 Å². The van der Waals surface area contributed by atoms with Crippen molar-refractivity contribution in [1.82, 2.24) is 30.6 Å².